The fourth-order valence-electron chi connectivity index (χ4n) is 6.13. The van der Waals surface area contributed by atoms with Crippen molar-refractivity contribution in [1.29, 1.82) is 0 Å². The van der Waals surface area contributed by atoms with Gasteiger partial charge in [0.25, 0.3) is 0 Å². The maximum atomic E-state index is 14.0. The van der Waals surface area contributed by atoms with Crippen molar-refractivity contribution in [2.75, 3.05) is 44.2 Å². The number of aliphatic hydroxyl groups is 1. The fourth-order valence-corrected chi connectivity index (χ4v) is 6.13. The zero-order valence-corrected chi connectivity index (χ0v) is 19.8. The third kappa shape index (κ3) is 4.93. The second-order valence-electron chi connectivity index (χ2n) is 10.3. The first-order chi connectivity index (χ1) is 16.5. The van der Waals surface area contributed by atoms with E-state index in [4.69, 9.17) is 4.74 Å². The van der Waals surface area contributed by atoms with Gasteiger partial charge in [-0.05, 0) is 70.0 Å². The second kappa shape index (κ2) is 10.2. The lowest BCUT2D eigenvalue weighted by Gasteiger charge is -2.37. The zero-order valence-electron chi connectivity index (χ0n) is 19.8. The number of benzene rings is 1. The lowest BCUT2D eigenvalue weighted by molar-refractivity contribution is -0.140. The standard InChI is InChI=1S/C26H36FN3O4/c27-18-6-9-24(34-20-4-1-2-5-20)23(16-18)29-14-12-28(13-15-29)10-3-11-30-25(32)21-8-7-19(31)17-22(21)26(30)33/h6,9,16,19-22,31H,1-5,7-8,10-15,17H2. The van der Waals surface area contributed by atoms with Crippen molar-refractivity contribution in [3.63, 3.8) is 0 Å². The monoisotopic (exact) mass is 473 g/mol. The van der Waals surface area contributed by atoms with Gasteiger partial charge in [-0.15, -0.1) is 0 Å². The van der Waals surface area contributed by atoms with Crippen LogP contribution < -0.4 is 9.64 Å². The molecule has 2 saturated carbocycles. The van der Waals surface area contributed by atoms with Crippen molar-refractivity contribution < 1.29 is 23.8 Å². The number of aliphatic hydroxyl groups excluding tert-OH is 1. The lowest BCUT2D eigenvalue weighted by Crippen LogP contribution is -2.47. The van der Waals surface area contributed by atoms with Gasteiger partial charge in [-0.2, -0.15) is 0 Å². The largest absolute Gasteiger partial charge is 0.488 e. The average molecular weight is 474 g/mol. The number of hydrogen-bond donors (Lipinski definition) is 1. The van der Waals surface area contributed by atoms with Gasteiger partial charge >= 0.3 is 0 Å². The summed E-state index contributed by atoms with van der Waals surface area (Å²) in [5, 5.41) is 9.88. The minimum Gasteiger partial charge on any atom is -0.488 e. The van der Waals surface area contributed by atoms with Crippen LogP contribution in [0.3, 0.4) is 0 Å². The molecule has 2 aliphatic heterocycles. The number of likely N-dealkylation sites (tertiary alicyclic amines) is 1. The first-order valence-corrected chi connectivity index (χ1v) is 13.0. The Balaban J connectivity index is 1.11. The van der Waals surface area contributed by atoms with Crippen LogP contribution in [-0.4, -0.2) is 78.2 Å². The first kappa shape index (κ1) is 23.5. The number of halogens is 1. The van der Waals surface area contributed by atoms with E-state index in [0.29, 0.717) is 25.8 Å². The van der Waals surface area contributed by atoms with Crippen LogP contribution in [0.15, 0.2) is 18.2 Å². The number of carbonyl (C=O) groups is 2. The number of anilines is 1. The molecule has 2 saturated heterocycles. The smallest absolute Gasteiger partial charge is 0.233 e. The van der Waals surface area contributed by atoms with Gasteiger partial charge in [0.1, 0.15) is 11.6 Å². The summed E-state index contributed by atoms with van der Waals surface area (Å²) in [4.78, 5) is 31.4. The van der Waals surface area contributed by atoms with Crippen molar-refractivity contribution in [2.45, 2.75) is 63.6 Å². The van der Waals surface area contributed by atoms with Crippen LogP contribution in [0.4, 0.5) is 10.1 Å². The van der Waals surface area contributed by atoms with E-state index in [1.54, 1.807) is 12.1 Å². The van der Waals surface area contributed by atoms with Crippen LogP contribution in [0.2, 0.25) is 0 Å². The molecule has 1 N–H and O–H groups in total. The number of ether oxygens (including phenoxy) is 1. The summed E-state index contributed by atoms with van der Waals surface area (Å²) < 4.78 is 20.3. The van der Waals surface area contributed by atoms with Gasteiger partial charge in [-0.25, -0.2) is 4.39 Å². The molecule has 186 valence electrons. The number of nitrogens with zero attached hydrogens (tertiary/aromatic N) is 3. The molecule has 2 aliphatic carbocycles. The lowest BCUT2D eigenvalue weighted by atomic mass is 9.80. The van der Waals surface area contributed by atoms with Crippen LogP contribution in [0.1, 0.15) is 51.4 Å². The van der Waals surface area contributed by atoms with Gasteiger partial charge < -0.3 is 14.7 Å². The van der Waals surface area contributed by atoms with Crippen molar-refractivity contribution in [2.24, 2.45) is 11.8 Å². The SMILES string of the molecule is O=C1C2CCC(O)CC2C(=O)N1CCCN1CCN(c2cc(F)ccc2OC2CCCC2)CC1. The van der Waals surface area contributed by atoms with Crippen molar-refractivity contribution in [3.05, 3.63) is 24.0 Å². The Bertz CT molecular complexity index is 898. The van der Waals surface area contributed by atoms with Crippen LogP contribution in [0.5, 0.6) is 5.75 Å². The molecular formula is C26H36FN3O4. The molecule has 4 aliphatic rings. The number of amides is 2. The number of rotatable bonds is 7. The number of fused-ring (bicyclic) bond motifs is 1. The van der Waals surface area contributed by atoms with Crippen LogP contribution in [0.25, 0.3) is 0 Å². The predicted octanol–water partition coefficient (Wildman–Crippen LogP) is 2.81. The van der Waals surface area contributed by atoms with E-state index in [0.717, 1.165) is 63.4 Å². The molecule has 3 unspecified atom stereocenters. The Kier molecular flexibility index (Phi) is 7.06. The Morgan fingerprint density at radius 3 is 2.44 bits per heavy atom. The first-order valence-electron chi connectivity index (χ1n) is 13.0. The van der Waals surface area contributed by atoms with Gasteiger partial charge in [0.2, 0.25) is 11.8 Å². The molecule has 0 spiro atoms. The fraction of sp³-hybridized carbons (Fsp3) is 0.692. The quantitative estimate of drug-likeness (QED) is 0.614. The molecule has 0 aromatic heterocycles. The maximum absolute atomic E-state index is 14.0. The summed E-state index contributed by atoms with van der Waals surface area (Å²) in [6.45, 7) is 4.53. The highest BCUT2D eigenvalue weighted by molar-refractivity contribution is 6.05. The van der Waals surface area contributed by atoms with Crippen molar-refractivity contribution in [1.82, 2.24) is 9.80 Å². The number of imide groups is 1. The van der Waals surface area contributed by atoms with E-state index in [-0.39, 0.29) is 35.6 Å². The highest BCUT2D eigenvalue weighted by Crippen LogP contribution is 2.38. The molecule has 5 rings (SSSR count). The van der Waals surface area contributed by atoms with Crippen molar-refractivity contribution in [3.8, 4) is 5.75 Å². The van der Waals surface area contributed by atoms with Crippen LogP contribution >= 0.6 is 0 Å². The summed E-state index contributed by atoms with van der Waals surface area (Å²) in [6.07, 6.45) is 6.66. The minimum absolute atomic E-state index is 0.0485. The highest BCUT2D eigenvalue weighted by Gasteiger charge is 2.49. The molecule has 3 atom stereocenters. The molecule has 1 aromatic rings. The molecule has 1 aromatic carbocycles. The molecule has 7 nitrogen and oxygen atoms in total. The molecule has 8 heteroatoms. The molecule has 4 fully saturated rings. The summed E-state index contributed by atoms with van der Waals surface area (Å²) >= 11 is 0. The Labute approximate surface area is 200 Å². The summed E-state index contributed by atoms with van der Waals surface area (Å²) in [6, 6.07) is 4.82. The van der Waals surface area contributed by atoms with Crippen LogP contribution in [-0.2, 0) is 9.59 Å². The van der Waals surface area contributed by atoms with Gasteiger partial charge in [0.05, 0.1) is 29.7 Å². The Morgan fingerprint density at radius 1 is 0.941 bits per heavy atom. The summed E-state index contributed by atoms with van der Waals surface area (Å²) in [7, 11) is 0. The second-order valence-corrected chi connectivity index (χ2v) is 10.3. The Morgan fingerprint density at radius 2 is 1.68 bits per heavy atom. The van der Waals surface area contributed by atoms with Gasteiger partial charge in [-0.3, -0.25) is 19.4 Å². The molecule has 34 heavy (non-hydrogen) atoms. The predicted molar refractivity (Wildman–Crippen MR) is 126 cm³/mol. The third-order valence-electron chi connectivity index (χ3n) is 8.07. The molecule has 2 heterocycles. The maximum Gasteiger partial charge on any atom is 0.233 e. The molecule has 0 radical (unpaired) electrons. The summed E-state index contributed by atoms with van der Waals surface area (Å²) in [5.74, 6) is -0.172. The molecular weight excluding hydrogens is 437 g/mol. The number of carbonyl (C=O) groups excluding carboxylic acids is 2. The number of hydrogen-bond acceptors (Lipinski definition) is 6. The van der Waals surface area contributed by atoms with E-state index in [1.807, 2.05) is 0 Å². The average Bonchev–Trinajstić information content (AvgIpc) is 3.43. The third-order valence-corrected chi connectivity index (χ3v) is 8.07. The minimum atomic E-state index is -0.462. The Hall–Kier alpha value is -2.19. The highest BCUT2D eigenvalue weighted by atomic mass is 19.1. The van der Waals surface area contributed by atoms with E-state index in [1.165, 1.54) is 23.8 Å². The van der Waals surface area contributed by atoms with E-state index < -0.39 is 6.10 Å². The van der Waals surface area contributed by atoms with E-state index in [9.17, 15) is 19.1 Å². The van der Waals surface area contributed by atoms with Crippen molar-refractivity contribution >= 4 is 17.5 Å². The molecule has 2 amide bonds. The normalized spacial score (nSPS) is 28.6. The topological polar surface area (TPSA) is 73.3 Å². The molecule has 0 bridgehead atoms. The van der Waals surface area contributed by atoms with Gasteiger partial charge in [0.15, 0.2) is 0 Å². The zero-order chi connectivity index (χ0) is 23.7. The van der Waals surface area contributed by atoms with E-state index >= 15 is 0 Å². The summed E-state index contributed by atoms with van der Waals surface area (Å²) in [5.41, 5.74) is 0.838. The van der Waals surface area contributed by atoms with Gasteiger partial charge in [-0.1, -0.05) is 0 Å². The van der Waals surface area contributed by atoms with Crippen LogP contribution in [0, 0.1) is 17.7 Å². The van der Waals surface area contributed by atoms with E-state index in [2.05, 4.69) is 9.80 Å². The van der Waals surface area contributed by atoms with Gasteiger partial charge in [0, 0.05) is 38.8 Å². The number of piperazine rings is 1.